The minimum Gasteiger partial charge on any atom is -0.444 e. The molecule has 2 N–H and O–H groups in total. The summed E-state index contributed by atoms with van der Waals surface area (Å²) in [7, 11) is 0. The summed E-state index contributed by atoms with van der Waals surface area (Å²) in [5.41, 5.74) is -0.605. The minimum atomic E-state index is -0.605. The summed E-state index contributed by atoms with van der Waals surface area (Å²) in [6.07, 6.45) is 1.61. The van der Waals surface area contributed by atoms with Gasteiger partial charge in [-0.25, -0.2) is 4.79 Å². The highest BCUT2D eigenvalue weighted by Gasteiger charge is 2.33. The van der Waals surface area contributed by atoms with E-state index in [0.717, 1.165) is 12.8 Å². The van der Waals surface area contributed by atoms with E-state index < -0.39 is 23.8 Å². The normalized spacial score (nSPS) is 19.8. The Balaban J connectivity index is 2.44. The molecule has 1 rings (SSSR count). The first kappa shape index (κ1) is 19.7. The minimum absolute atomic E-state index is 0.0782. The van der Waals surface area contributed by atoms with E-state index in [4.69, 9.17) is 9.47 Å². The molecule has 1 heterocycles. The van der Waals surface area contributed by atoms with Gasteiger partial charge in [-0.3, -0.25) is 4.79 Å². The summed E-state index contributed by atoms with van der Waals surface area (Å²) in [5.74, 6) is -0.0782. The molecule has 1 fully saturated rings. The number of aliphatic hydroxyl groups is 1. The lowest BCUT2D eigenvalue weighted by molar-refractivity contribution is -0.137. The molecule has 0 aromatic rings. The smallest absolute Gasteiger partial charge is 0.408 e. The molecule has 23 heavy (non-hydrogen) atoms. The molecule has 0 spiro atoms. The van der Waals surface area contributed by atoms with E-state index >= 15 is 0 Å². The SMILES string of the molecule is CCCCO[C@H]1CCN(C[C@@H](CO)NC(=O)OC(C)(C)C)C1=O. The average Bonchev–Trinajstić information content (AvgIpc) is 2.78. The number of unbranched alkanes of at least 4 members (excludes halogenated alkanes) is 1. The summed E-state index contributed by atoms with van der Waals surface area (Å²) < 4.78 is 10.7. The third-order valence-corrected chi connectivity index (χ3v) is 3.45. The highest BCUT2D eigenvalue weighted by Crippen LogP contribution is 2.15. The largest absolute Gasteiger partial charge is 0.444 e. The Bertz CT molecular complexity index is 394. The van der Waals surface area contributed by atoms with Gasteiger partial charge < -0.3 is 24.8 Å². The van der Waals surface area contributed by atoms with E-state index in [-0.39, 0.29) is 19.1 Å². The van der Waals surface area contributed by atoms with Crippen LogP contribution < -0.4 is 5.32 Å². The van der Waals surface area contributed by atoms with Gasteiger partial charge in [0.15, 0.2) is 0 Å². The molecule has 1 saturated heterocycles. The van der Waals surface area contributed by atoms with Crippen molar-refractivity contribution >= 4 is 12.0 Å². The maximum absolute atomic E-state index is 12.2. The standard InChI is InChI=1S/C16H30N2O5/c1-5-6-9-22-13-7-8-18(14(13)20)10-12(11-19)17-15(21)23-16(2,3)4/h12-13,19H,5-11H2,1-4H3,(H,17,21)/t12-,13-/m0/s1. The Morgan fingerprint density at radius 1 is 1.48 bits per heavy atom. The summed E-state index contributed by atoms with van der Waals surface area (Å²) in [6.45, 7) is 8.52. The zero-order valence-corrected chi connectivity index (χ0v) is 14.6. The van der Waals surface area contributed by atoms with E-state index in [9.17, 15) is 14.7 Å². The molecule has 1 aliphatic heterocycles. The van der Waals surface area contributed by atoms with Crippen LogP contribution in [0.3, 0.4) is 0 Å². The fourth-order valence-corrected chi connectivity index (χ4v) is 2.31. The van der Waals surface area contributed by atoms with Gasteiger partial charge in [0.2, 0.25) is 0 Å². The monoisotopic (exact) mass is 330 g/mol. The highest BCUT2D eigenvalue weighted by atomic mass is 16.6. The highest BCUT2D eigenvalue weighted by molar-refractivity contribution is 5.83. The first-order valence-electron chi connectivity index (χ1n) is 8.27. The van der Waals surface area contributed by atoms with E-state index in [1.165, 1.54) is 0 Å². The van der Waals surface area contributed by atoms with Gasteiger partial charge in [-0.15, -0.1) is 0 Å². The van der Waals surface area contributed by atoms with Crippen molar-refractivity contribution < 1.29 is 24.2 Å². The van der Waals surface area contributed by atoms with Crippen LogP contribution in [-0.4, -0.2) is 66.1 Å². The number of hydrogen-bond acceptors (Lipinski definition) is 5. The second kappa shape index (κ2) is 9.08. The van der Waals surface area contributed by atoms with Crippen molar-refractivity contribution in [1.29, 1.82) is 0 Å². The Kier molecular flexibility index (Phi) is 7.78. The van der Waals surface area contributed by atoms with Crippen molar-refractivity contribution in [1.82, 2.24) is 10.2 Å². The second-order valence-corrected chi connectivity index (χ2v) is 6.81. The number of rotatable bonds is 8. The molecule has 2 atom stereocenters. The number of alkyl carbamates (subject to hydrolysis) is 1. The quantitative estimate of drug-likeness (QED) is 0.655. The molecule has 0 radical (unpaired) electrons. The van der Waals surface area contributed by atoms with Crippen LogP contribution in [0.2, 0.25) is 0 Å². The van der Waals surface area contributed by atoms with Gasteiger partial charge in [-0.05, 0) is 27.2 Å². The van der Waals surface area contributed by atoms with Gasteiger partial charge >= 0.3 is 6.09 Å². The number of hydrogen-bond donors (Lipinski definition) is 2. The molecule has 2 amide bonds. The molecule has 0 bridgehead atoms. The molecule has 0 saturated carbocycles. The first-order valence-corrected chi connectivity index (χ1v) is 8.27. The Morgan fingerprint density at radius 3 is 2.74 bits per heavy atom. The van der Waals surface area contributed by atoms with Gasteiger partial charge in [0.1, 0.15) is 11.7 Å². The maximum atomic E-state index is 12.2. The number of carbonyl (C=O) groups is 2. The Labute approximate surface area is 138 Å². The fourth-order valence-electron chi connectivity index (χ4n) is 2.31. The van der Waals surface area contributed by atoms with Crippen LogP contribution in [0.1, 0.15) is 47.0 Å². The number of nitrogens with one attached hydrogen (secondary N) is 1. The lowest BCUT2D eigenvalue weighted by Gasteiger charge is -2.25. The van der Waals surface area contributed by atoms with Crippen molar-refractivity contribution in [3.8, 4) is 0 Å². The molecule has 7 nitrogen and oxygen atoms in total. The fraction of sp³-hybridized carbons (Fsp3) is 0.875. The van der Waals surface area contributed by atoms with E-state index in [1.54, 1.807) is 25.7 Å². The van der Waals surface area contributed by atoms with Crippen LogP contribution >= 0.6 is 0 Å². The van der Waals surface area contributed by atoms with E-state index in [2.05, 4.69) is 12.2 Å². The predicted molar refractivity (Wildman–Crippen MR) is 86.1 cm³/mol. The maximum Gasteiger partial charge on any atom is 0.408 e. The molecule has 7 heteroatoms. The number of nitrogens with zero attached hydrogens (tertiary/aromatic N) is 1. The second-order valence-electron chi connectivity index (χ2n) is 6.81. The van der Waals surface area contributed by atoms with Gasteiger partial charge in [-0.2, -0.15) is 0 Å². The zero-order chi connectivity index (χ0) is 17.5. The Morgan fingerprint density at radius 2 is 2.17 bits per heavy atom. The zero-order valence-electron chi connectivity index (χ0n) is 14.6. The average molecular weight is 330 g/mol. The van der Waals surface area contributed by atoms with E-state index in [0.29, 0.717) is 19.6 Å². The molecular formula is C16H30N2O5. The van der Waals surface area contributed by atoms with Crippen LogP contribution in [0.5, 0.6) is 0 Å². The summed E-state index contributed by atoms with van der Waals surface area (Å²) in [5, 5.41) is 12.0. The molecule has 0 aliphatic carbocycles. The molecule has 134 valence electrons. The lowest BCUT2D eigenvalue weighted by Crippen LogP contribution is -2.48. The molecule has 0 aromatic heterocycles. The number of carbonyl (C=O) groups excluding carboxylic acids is 2. The van der Waals surface area contributed by atoms with Crippen LogP contribution in [0.15, 0.2) is 0 Å². The van der Waals surface area contributed by atoms with Crippen molar-refractivity contribution in [3.05, 3.63) is 0 Å². The van der Waals surface area contributed by atoms with Crippen molar-refractivity contribution in [2.45, 2.75) is 64.7 Å². The summed E-state index contributed by atoms with van der Waals surface area (Å²) in [4.78, 5) is 25.6. The van der Waals surface area contributed by atoms with Crippen LogP contribution in [0, 0.1) is 0 Å². The first-order chi connectivity index (χ1) is 10.8. The Hall–Kier alpha value is -1.34. The van der Waals surface area contributed by atoms with Gasteiger partial charge in [0.05, 0.1) is 12.6 Å². The number of aliphatic hydroxyl groups excluding tert-OH is 1. The van der Waals surface area contributed by atoms with Gasteiger partial charge in [-0.1, -0.05) is 13.3 Å². The topological polar surface area (TPSA) is 88.1 Å². The predicted octanol–water partition coefficient (Wildman–Crippen LogP) is 1.29. The molecular weight excluding hydrogens is 300 g/mol. The third-order valence-electron chi connectivity index (χ3n) is 3.45. The number of likely N-dealkylation sites (tertiary alicyclic amines) is 1. The molecule has 0 unspecified atom stereocenters. The molecule has 1 aliphatic rings. The van der Waals surface area contributed by atoms with Crippen LogP contribution in [-0.2, 0) is 14.3 Å². The van der Waals surface area contributed by atoms with Crippen molar-refractivity contribution in [2.75, 3.05) is 26.3 Å². The van der Waals surface area contributed by atoms with Crippen LogP contribution in [0.25, 0.3) is 0 Å². The van der Waals surface area contributed by atoms with E-state index in [1.807, 2.05) is 0 Å². The molecule has 0 aromatic carbocycles. The summed E-state index contributed by atoms with van der Waals surface area (Å²) in [6, 6.07) is -0.553. The van der Waals surface area contributed by atoms with Gasteiger partial charge in [0.25, 0.3) is 5.91 Å². The third kappa shape index (κ3) is 7.18. The number of amides is 2. The van der Waals surface area contributed by atoms with Crippen LogP contribution in [0.4, 0.5) is 4.79 Å². The number of ether oxygens (including phenoxy) is 2. The van der Waals surface area contributed by atoms with Crippen molar-refractivity contribution in [3.63, 3.8) is 0 Å². The van der Waals surface area contributed by atoms with Crippen molar-refractivity contribution in [2.24, 2.45) is 0 Å². The summed E-state index contributed by atoms with van der Waals surface area (Å²) >= 11 is 0. The van der Waals surface area contributed by atoms with Gasteiger partial charge in [0, 0.05) is 26.1 Å². The lowest BCUT2D eigenvalue weighted by atomic mass is 10.2.